The van der Waals surface area contributed by atoms with Crippen LogP contribution in [0.4, 0.5) is 11.4 Å². The predicted molar refractivity (Wildman–Crippen MR) is 111 cm³/mol. The van der Waals surface area contributed by atoms with Crippen molar-refractivity contribution in [2.24, 2.45) is 5.41 Å². The Morgan fingerprint density at radius 1 is 1.27 bits per heavy atom. The molecule has 0 fully saturated rings. The third-order valence-corrected chi connectivity index (χ3v) is 5.30. The maximum Gasteiger partial charge on any atom is 0.256 e. The molecule has 0 unspecified atom stereocenters. The fraction of sp³-hybridized carbons (Fsp3) is 0.300. The van der Waals surface area contributed by atoms with Crippen molar-refractivity contribution in [2.75, 3.05) is 23.4 Å². The van der Waals surface area contributed by atoms with Gasteiger partial charge in [-0.15, -0.1) is 0 Å². The fourth-order valence-corrected chi connectivity index (χ4v) is 3.52. The molecule has 1 heterocycles. The molecule has 3 rings (SSSR count). The summed E-state index contributed by atoms with van der Waals surface area (Å²) in [6.07, 6.45) is 0. The monoisotopic (exact) mass is 464 g/mol. The Kier molecular flexibility index (Phi) is 5.22. The van der Waals surface area contributed by atoms with Crippen LogP contribution in [0.1, 0.15) is 31.1 Å². The van der Waals surface area contributed by atoms with Gasteiger partial charge in [-0.3, -0.25) is 9.59 Å². The van der Waals surface area contributed by atoms with E-state index >= 15 is 0 Å². The third-order valence-electron chi connectivity index (χ3n) is 4.36. The van der Waals surface area contributed by atoms with Gasteiger partial charge in [0.05, 0.1) is 16.7 Å². The first-order valence-electron chi connectivity index (χ1n) is 8.48. The van der Waals surface area contributed by atoms with Gasteiger partial charge in [-0.05, 0) is 67.6 Å². The summed E-state index contributed by atoms with van der Waals surface area (Å²) < 4.78 is 6.79. The Hall–Kier alpha value is -2.09. The van der Waals surface area contributed by atoms with Gasteiger partial charge in [0, 0.05) is 21.9 Å². The van der Waals surface area contributed by atoms with Crippen LogP contribution in [0.25, 0.3) is 0 Å². The highest BCUT2D eigenvalue weighted by Crippen LogP contribution is 2.38. The first-order chi connectivity index (χ1) is 12.3. The van der Waals surface area contributed by atoms with Crippen LogP contribution in [0, 0.1) is 8.99 Å². The Balaban J connectivity index is 1.90. The van der Waals surface area contributed by atoms with Crippen molar-refractivity contribution in [1.82, 2.24) is 0 Å². The summed E-state index contributed by atoms with van der Waals surface area (Å²) >= 11 is 2.14. The Morgan fingerprint density at radius 2 is 2.00 bits per heavy atom. The van der Waals surface area contributed by atoms with E-state index in [2.05, 4.69) is 27.9 Å². The Labute approximate surface area is 166 Å². The molecule has 0 aromatic heterocycles. The summed E-state index contributed by atoms with van der Waals surface area (Å²) in [5.74, 6) is 0.466. The van der Waals surface area contributed by atoms with Crippen LogP contribution < -0.4 is 15.0 Å². The second kappa shape index (κ2) is 7.26. The van der Waals surface area contributed by atoms with Crippen LogP contribution in [-0.4, -0.2) is 25.0 Å². The molecule has 0 atom stereocenters. The van der Waals surface area contributed by atoms with Gasteiger partial charge in [0.15, 0.2) is 0 Å². The van der Waals surface area contributed by atoms with Crippen LogP contribution in [0.5, 0.6) is 5.75 Å². The summed E-state index contributed by atoms with van der Waals surface area (Å²) in [5, 5.41) is 2.91. The van der Waals surface area contributed by atoms with Gasteiger partial charge in [0.25, 0.3) is 5.91 Å². The van der Waals surface area contributed by atoms with Crippen molar-refractivity contribution in [3.8, 4) is 5.75 Å². The van der Waals surface area contributed by atoms with E-state index in [1.165, 1.54) is 0 Å². The van der Waals surface area contributed by atoms with E-state index in [-0.39, 0.29) is 11.8 Å². The smallest absolute Gasteiger partial charge is 0.256 e. The number of rotatable bonds is 3. The van der Waals surface area contributed by atoms with Gasteiger partial charge < -0.3 is 15.0 Å². The molecule has 1 aliphatic heterocycles. The maximum absolute atomic E-state index is 12.7. The molecule has 0 aliphatic carbocycles. The summed E-state index contributed by atoms with van der Waals surface area (Å²) in [5.41, 5.74) is 1.39. The second-order valence-electron chi connectivity index (χ2n) is 6.84. The summed E-state index contributed by atoms with van der Waals surface area (Å²) in [7, 11) is 0. The zero-order valence-corrected chi connectivity index (χ0v) is 17.2. The molecule has 0 saturated heterocycles. The molecule has 2 aromatic carbocycles. The molecule has 0 saturated carbocycles. The fourth-order valence-electron chi connectivity index (χ4n) is 2.88. The number of anilines is 2. The highest BCUT2D eigenvalue weighted by Gasteiger charge is 2.37. The maximum atomic E-state index is 12.7. The minimum Gasteiger partial charge on any atom is -0.490 e. The van der Waals surface area contributed by atoms with Gasteiger partial charge in [-0.25, -0.2) is 0 Å². The molecule has 26 heavy (non-hydrogen) atoms. The molecule has 0 spiro atoms. The number of nitrogens with zero attached hydrogens (tertiary/aromatic N) is 1. The van der Waals surface area contributed by atoms with Crippen molar-refractivity contribution in [3.63, 3.8) is 0 Å². The predicted octanol–water partition coefficient (Wildman–Crippen LogP) is 4.32. The van der Waals surface area contributed by atoms with E-state index in [1.807, 2.05) is 45.0 Å². The zero-order chi connectivity index (χ0) is 18.9. The van der Waals surface area contributed by atoms with Crippen LogP contribution in [0.15, 0.2) is 42.5 Å². The van der Waals surface area contributed by atoms with Gasteiger partial charge >= 0.3 is 0 Å². The van der Waals surface area contributed by atoms with Crippen LogP contribution in [-0.2, 0) is 4.79 Å². The molecule has 5 nitrogen and oxygen atoms in total. The van der Waals surface area contributed by atoms with Crippen LogP contribution in [0.3, 0.4) is 0 Å². The molecule has 6 heteroatoms. The highest BCUT2D eigenvalue weighted by atomic mass is 127. The SMILES string of the molecule is CCN1C(=O)C(C)(C)COc2cc(NC(=O)c3ccccc3I)ccc21. The third kappa shape index (κ3) is 3.56. The number of carbonyl (C=O) groups excluding carboxylic acids is 2. The van der Waals surface area contributed by atoms with Gasteiger partial charge in [-0.1, -0.05) is 12.1 Å². The molecule has 136 valence electrons. The number of amides is 2. The van der Waals surface area contributed by atoms with E-state index in [4.69, 9.17) is 4.74 Å². The normalized spacial score (nSPS) is 15.7. The zero-order valence-electron chi connectivity index (χ0n) is 15.0. The quantitative estimate of drug-likeness (QED) is 0.689. The lowest BCUT2D eigenvalue weighted by Gasteiger charge is -2.26. The van der Waals surface area contributed by atoms with Crippen molar-refractivity contribution < 1.29 is 14.3 Å². The lowest BCUT2D eigenvalue weighted by molar-refractivity contribution is -0.127. The minimum absolute atomic E-state index is 0.0365. The van der Waals surface area contributed by atoms with Crippen LogP contribution in [0.2, 0.25) is 0 Å². The van der Waals surface area contributed by atoms with Gasteiger partial charge in [0.2, 0.25) is 5.91 Å². The van der Waals surface area contributed by atoms with Crippen molar-refractivity contribution in [3.05, 3.63) is 51.6 Å². The van der Waals surface area contributed by atoms with Crippen molar-refractivity contribution >= 4 is 45.8 Å². The van der Waals surface area contributed by atoms with E-state index in [1.54, 1.807) is 23.1 Å². The number of carbonyl (C=O) groups is 2. The summed E-state index contributed by atoms with van der Waals surface area (Å²) in [4.78, 5) is 27.0. The number of halogens is 1. The molecule has 2 amide bonds. The first-order valence-corrected chi connectivity index (χ1v) is 9.56. The number of hydrogen-bond acceptors (Lipinski definition) is 3. The standard InChI is InChI=1S/C20H21IN2O3/c1-4-23-16-10-9-13(11-17(16)26-12-20(2,3)19(23)25)22-18(24)14-7-5-6-8-15(14)21/h5-11H,4,12H2,1-3H3,(H,22,24). The summed E-state index contributed by atoms with van der Waals surface area (Å²) in [6.45, 7) is 6.56. The Morgan fingerprint density at radius 3 is 2.69 bits per heavy atom. The van der Waals surface area contributed by atoms with E-state index in [0.29, 0.717) is 30.2 Å². The van der Waals surface area contributed by atoms with Gasteiger partial charge in [0.1, 0.15) is 12.4 Å². The van der Waals surface area contributed by atoms with E-state index in [0.717, 1.165) is 9.26 Å². The minimum atomic E-state index is -0.599. The number of benzene rings is 2. The highest BCUT2D eigenvalue weighted by molar-refractivity contribution is 14.1. The van der Waals surface area contributed by atoms with E-state index < -0.39 is 5.41 Å². The molecular formula is C20H21IN2O3. The molecule has 0 radical (unpaired) electrons. The number of fused-ring (bicyclic) bond motifs is 1. The summed E-state index contributed by atoms with van der Waals surface area (Å²) in [6, 6.07) is 12.8. The number of ether oxygens (including phenoxy) is 1. The lowest BCUT2D eigenvalue weighted by atomic mass is 9.93. The van der Waals surface area contributed by atoms with Crippen molar-refractivity contribution in [2.45, 2.75) is 20.8 Å². The van der Waals surface area contributed by atoms with Crippen LogP contribution >= 0.6 is 22.6 Å². The second-order valence-corrected chi connectivity index (χ2v) is 8.00. The lowest BCUT2D eigenvalue weighted by Crippen LogP contribution is -2.42. The van der Waals surface area contributed by atoms with Crippen molar-refractivity contribution in [1.29, 1.82) is 0 Å². The number of hydrogen-bond donors (Lipinski definition) is 1. The molecule has 0 bridgehead atoms. The molecule has 2 aromatic rings. The van der Waals surface area contributed by atoms with Gasteiger partial charge in [-0.2, -0.15) is 0 Å². The van der Waals surface area contributed by atoms with E-state index in [9.17, 15) is 9.59 Å². The average molecular weight is 464 g/mol. The topological polar surface area (TPSA) is 58.6 Å². The largest absolute Gasteiger partial charge is 0.490 e. The first kappa shape index (κ1) is 18.7. The number of nitrogens with one attached hydrogen (secondary N) is 1. The molecule has 1 N–H and O–H groups in total. The molecule has 1 aliphatic rings. The Bertz CT molecular complexity index is 864. The molecular weight excluding hydrogens is 443 g/mol. The average Bonchev–Trinajstić information content (AvgIpc) is 2.70.